The minimum atomic E-state index is 1.13. The second-order valence-corrected chi connectivity index (χ2v) is 9.53. The second-order valence-electron chi connectivity index (χ2n) is 9.53. The summed E-state index contributed by atoms with van der Waals surface area (Å²) in [5.41, 5.74) is 12.0. The Bertz CT molecular complexity index is 1540. The van der Waals surface area contributed by atoms with Gasteiger partial charge in [-0.3, -0.25) is 0 Å². The summed E-state index contributed by atoms with van der Waals surface area (Å²) in [5.74, 6) is 0. The molecule has 182 valence electrons. The minimum absolute atomic E-state index is 1.13. The first-order chi connectivity index (χ1) is 18.8. The minimum Gasteiger partial charge on any atom is -0.310 e. The van der Waals surface area contributed by atoms with Crippen LogP contribution in [0.15, 0.2) is 158 Å². The Balaban J connectivity index is 1.42. The van der Waals surface area contributed by atoms with Crippen molar-refractivity contribution in [3.05, 3.63) is 163 Å². The number of hydrogen-bond donors (Lipinski definition) is 0. The molecule has 0 heterocycles. The SMILES string of the molecule is Cc1cc(-c2ccccc2)ccc1N(c1ccc(-c2ccccc2)cc1)c1ccc(-c2ccccc2)cc1. The van der Waals surface area contributed by atoms with Crippen LogP contribution < -0.4 is 4.90 Å². The highest BCUT2D eigenvalue weighted by Gasteiger charge is 2.16. The van der Waals surface area contributed by atoms with Crippen molar-refractivity contribution in [1.82, 2.24) is 0 Å². The number of hydrogen-bond acceptors (Lipinski definition) is 1. The first kappa shape index (κ1) is 23.5. The fourth-order valence-electron chi connectivity index (χ4n) is 5.01. The molecule has 6 aromatic carbocycles. The predicted octanol–water partition coefficient (Wildman–Crippen LogP) is 10.5. The fraction of sp³-hybridized carbons (Fsp3) is 0.0270. The van der Waals surface area contributed by atoms with E-state index in [1.807, 2.05) is 0 Å². The van der Waals surface area contributed by atoms with Gasteiger partial charge in [-0.15, -0.1) is 0 Å². The summed E-state index contributed by atoms with van der Waals surface area (Å²) in [6.45, 7) is 2.20. The van der Waals surface area contributed by atoms with Gasteiger partial charge in [0.15, 0.2) is 0 Å². The van der Waals surface area contributed by atoms with Gasteiger partial charge in [0, 0.05) is 17.1 Å². The summed E-state index contributed by atoms with van der Waals surface area (Å²) >= 11 is 0. The maximum Gasteiger partial charge on any atom is 0.0491 e. The Morgan fingerprint density at radius 1 is 0.342 bits per heavy atom. The third-order valence-corrected chi connectivity index (χ3v) is 7.01. The Kier molecular flexibility index (Phi) is 6.57. The van der Waals surface area contributed by atoms with Gasteiger partial charge in [-0.25, -0.2) is 0 Å². The first-order valence-corrected chi connectivity index (χ1v) is 13.0. The van der Waals surface area contributed by atoms with Crippen molar-refractivity contribution in [2.24, 2.45) is 0 Å². The van der Waals surface area contributed by atoms with E-state index in [-0.39, 0.29) is 0 Å². The van der Waals surface area contributed by atoms with Gasteiger partial charge < -0.3 is 4.90 Å². The zero-order valence-corrected chi connectivity index (χ0v) is 21.5. The van der Waals surface area contributed by atoms with Crippen LogP contribution in [0.25, 0.3) is 33.4 Å². The molecule has 1 heteroatoms. The average Bonchev–Trinajstić information content (AvgIpc) is 3.00. The molecule has 0 fully saturated rings. The van der Waals surface area contributed by atoms with Gasteiger partial charge in [-0.2, -0.15) is 0 Å². The van der Waals surface area contributed by atoms with Crippen molar-refractivity contribution in [2.45, 2.75) is 6.92 Å². The van der Waals surface area contributed by atoms with E-state index in [9.17, 15) is 0 Å². The van der Waals surface area contributed by atoms with Crippen LogP contribution in [0.4, 0.5) is 17.1 Å². The van der Waals surface area contributed by atoms with E-state index in [1.54, 1.807) is 0 Å². The molecule has 38 heavy (non-hydrogen) atoms. The second kappa shape index (κ2) is 10.6. The van der Waals surface area contributed by atoms with Crippen LogP contribution in [-0.4, -0.2) is 0 Å². The van der Waals surface area contributed by atoms with Crippen LogP contribution in [0.5, 0.6) is 0 Å². The van der Waals surface area contributed by atoms with Gasteiger partial charge in [0.25, 0.3) is 0 Å². The fourth-order valence-corrected chi connectivity index (χ4v) is 5.01. The van der Waals surface area contributed by atoms with Gasteiger partial charge >= 0.3 is 0 Å². The summed E-state index contributed by atoms with van der Waals surface area (Å²) in [6.07, 6.45) is 0. The maximum atomic E-state index is 2.35. The van der Waals surface area contributed by atoms with Crippen molar-refractivity contribution in [1.29, 1.82) is 0 Å². The van der Waals surface area contributed by atoms with Gasteiger partial charge in [0.2, 0.25) is 0 Å². The summed E-state index contributed by atoms with van der Waals surface area (Å²) in [7, 11) is 0. The quantitative estimate of drug-likeness (QED) is 0.226. The zero-order valence-electron chi connectivity index (χ0n) is 21.5. The molecule has 0 aliphatic carbocycles. The molecule has 0 N–H and O–H groups in total. The lowest BCUT2D eigenvalue weighted by atomic mass is 10.0. The Morgan fingerprint density at radius 2 is 0.684 bits per heavy atom. The lowest BCUT2D eigenvalue weighted by molar-refractivity contribution is 1.25. The lowest BCUT2D eigenvalue weighted by Gasteiger charge is -2.28. The highest BCUT2D eigenvalue weighted by Crippen LogP contribution is 2.39. The smallest absolute Gasteiger partial charge is 0.0491 e. The number of anilines is 3. The monoisotopic (exact) mass is 487 g/mol. The largest absolute Gasteiger partial charge is 0.310 e. The Labute approximate surface area is 225 Å². The number of aryl methyl sites for hydroxylation is 1. The zero-order chi connectivity index (χ0) is 25.7. The molecule has 0 amide bonds. The Hall–Kier alpha value is -4.88. The number of benzene rings is 6. The third-order valence-electron chi connectivity index (χ3n) is 7.01. The highest BCUT2D eigenvalue weighted by atomic mass is 15.1. The van der Waals surface area contributed by atoms with E-state index in [2.05, 4.69) is 170 Å². The molecule has 0 aliphatic heterocycles. The molecule has 0 bridgehead atoms. The van der Waals surface area contributed by atoms with E-state index in [0.29, 0.717) is 0 Å². The molecule has 0 radical (unpaired) electrons. The van der Waals surface area contributed by atoms with Crippen LogP contribution in [0.3, 0.4) is 0 Å². The van der Waals surface area contributed by atoms with Crippen molar-refractivity contribution in [2.75, 3.05) is 4.90 Å². The average molecular weight is 488 g/mol. The molecule has 0 saturated heterocycles. The summed E-state index contributed by atoms with van der Waals surface area (Å²) in [4.78, 5) is 2.35. The van der Waals surface area contributed by atoms with Gasteiger partial charge in [0.1, 0.15) is 0 Å². The normalized spacial score (nSPS) is 10.8. The van der Waals surface area contributed by atoms with E-state index in [0.717, 1.165) is 11.4 Å². The number of nitrogens with zero attached hydrogens (tertiary/aromatic N) is 1. The molecule has 6 aromatic rings. The molecule has 0 atom stereocenters. The molecule has 0 spiro atoms. The van der Waals surface area contributed by atoms with E-state index >= 15 is 0 Å². The predicted molar refractivity (Wildman–Crippen MR) is 162 cm³/mol. The van der Waals surface area contributed by atoms with Crippen LogP contribution in [0.1, 0.15) is 5.56 Å². The summed E-state index contributed by atoms with van der Waals surface area (Å²) in [5, 5.41) is 0. The lowest BCUT2D eigenvalue weighted by Crippen LogP contribution is -2.11. The molecular formula is C37H29N. The van der Waals surface area contributed by atoms with Gasteiger partial charge in [0.05, 0.1) is 0 Å². The van der Waals surface area contributed by atoms with E-state index in [4.69, 9.17) is 0 Å². The van der Waals surface area contributed by atoms with Crippen molar-refractivity contribution in [3.63, 3.8) is 0 Å². The van der Waals surface area contributed by atoms with Crippen molar-refractivity contribution < 1.29 is 0 Å². The van der Waals surface area contributed by atoms with Gasteiger partial charge in [-0.05, 0) is 82.3 Å². The van der Waals surface area contributed by atoms with Crippen molar-refractivity contribution in [3.8, 4) is 33.4 Å². The summed E-state index contributed by atoms with van der Waals surface area (Å²) in [6, 6.07) is 56.1. The topological polar surface area (TPSA) is 3.24 Å². The maximum absolute atomic E-state index is 2.35. The third kappa shape index (κ3) is 4.87. The van der Waals surface area contributed by atoms with Crippen LogP contribution in [0.2, 0.25) is 0 Å². The van der Waals surface area contributed by atoms with E-state index in [1.165, 1.54) is 44.6 Å². The summed E-state index contributed by atoms with van der Waals surface area (Å²) < 4.78 is 0. The van der Waals surface area contributed by atoms with Crippen LogP contribution >= 0.6 is 0 Å². The highest BCUT2D eigenvalue weighted by molar-refractivity contribution is 5.82. The Morgan fingerprint density at radius 3 is 1.08 bits per heavy atom. The standard InChI is InChI=1S/C37H29N/c1-28-27-34(31-15-9-4-10-16-31)21-26-37(28)38(35-22-17-32(18-23-35)29-11-5-2-6-12-29)36-24-19-33(20-25-36)30-13-7-3-8-14-30/h2-27H,1H3. The van der Waals surface area contributed by atoms with Gasteiger partial charge in [-0.1, -0.05) is 121 Å². The van der Waals surface area contributed by atoms with Crippen molar-refractivity contribution >= 4 is 17.1 Å². The molecule has 1 nitrogen and oxygen atoms in total. The van der Waals surface area contributed by atoms with Crippen LogP contribution in [0, 0.1) is 6.92 Å². The molecule has 0 aromatic heterocycles. The molecule has 0 saturated carbocycles. The molecule has 0 unspecified atom stereocenters. The molecular weight excluding hydrogens is 458 g/mol. The van der Waals surface area contributed by atoms with Crippen LogP contribution in [-0.2, 0) is 0 Å². The number of rotatable bonds is 6. The first-order valence-electron chi connectivity index (χ1n) is 13.0. The molecule has 0 aliphatic rings. The van der Waals surface area contributed by atoms with E-state index < -0.39 is 0 Å². The molecule has 6 rings (SSSR count).